The van der Waals surface area contributed by atoms with Crippen LogP contribution in [-0.2, 0) is 19.9 Å². The summed E-state index contributed by atoms with van der Waals surface area (Å²) in [5.41, 5.74) is 1.91. The van der Waals surface area contributed by atoms with Gasteiger partial charge in [0.2, 0.25) is 10.0 Å². The van der Waals surface area contributed by atoms with Gasteiger partial charge in [-0.1, -0.05) is 35.4 Å². The summed E-state index contributed by atoms with van der Waals surface area (Å²) in [5, 5.41) is 0. The molecule has 23 heavy (non-hydrogen) atoms. The van der Waals surface area contributed by atoms with Gasteiger partial charge >= 0.3 is 0 Å². The minimum absolute atomic E-state index is 0.121. The maximum atomic E-state index is 12.2. The molecule has 5 nitrogen and oxygen atoms in total. The van der Waals surface area contributed by atoms with Crippen LogP contribution in [0, 0.1) is 13.8 Å². The Morgan fingerprint density at radius 1 is 0.739 bits per heavy atom. The summed E-state index contributed by atoms with van der Waals surface area (Å²) in [6, 6.07) is 12.8. The summed E-state index contributed by atoms with van der Waals surface area (Å²) >= 11 is 0. The molecule has 0 atom stereocenters. The molecule has 1 N–H and O–H groups in total. The highest BCUT2D eigenvalue weighted by Gasteiger charge is 2.17. The highest BCUT2D eigenvalue weighted by molar-refractivity contribution is 7.91. The van der Waals surface area contributed by atoms with Gasteiger partial charge in [0, 0.05) is 6.54 Å². The lowest BCUT2D eigenvalue weighted by Crippen LogP contribution is -2.29. The second kappa shape index (κ2) is 6.82. The standard InChI is InChI=1S/C16H19NO4S2/c1-13-3-7-15(8-4-13)22(18,19)12-11-17-23(20,21)16-9-5-14(2)6-10-16/h3-10,17H,11-12H2,1-2H3. The van der Waals surface area contributed by atoms with Crippen LogP contribution in [0.4, 0.5) is 0 Å². The Hall–Kier alpha value is -1.70. The molecule has 0 fully saturated rings. The number of hydrogen-bond acceptors (Lipinski definition) is 4. The SMILES string of the molecule is Cc1ccc(S(=O)(=O)CCNS(=O)(=O)c2ccc(C)cc2)cc1. The minimum atomic E-state index is -3.70. The van der Waals surface area contributed by atoms with Crippen molar-refractivity contribution in [1.29, 1.82) is 0 Å². The molecule has 0 unspecified atom stereocenters. The van der Waals surface area contributed by atoms with E-state index in [1.807, 2.05) is 13.8 Å². The quantitative estimate of drug-likeness (QED) is 0.862. The summed E-state index contributed by atoms with van der Waals surface area (Å²) < 4.78 is 50.9. The topological polar surface area (TPSA) is 80.3 Å². The van der Waals surface area contributed by atoms with Crippen molar-refractivity contribution in [1.82, 2.24) is 4.72 Å². The van der Waals surface area contributed by atoms with Crippen molar-refractivity contribution in [2.75, 3.05) is 12.3 Å². The van der Waals surface area contributed by atoms with E-state index in [9.17, 15) is 16.8 Å². The van der Waals surface area contributed by atoms with Crippen molar-refractivity contribution in [3.05, 3.63) is 59.7 Å². The number of nitrogens with one attached hydrogen (secondary N) is 1. The summed E-state index contributed by atoms with van der Waals surface area (Å²) in [7, 11) is -7.22. The lowest BCUT2D eigenvalue weighted by atomic mass is 10.2. The first-order chi connectivity index (χ1) is 10.7. The monoisotopic (exact) mass is 353 g/mol. The van der Waals surface area contributed by atoms with Crippen LogP contribution in [0.5, 0.6) is 0 Å². The lowest BCUT2D eigenvalue weighted by molar-refractivity contribution is 0.581. The molecule has 0 saturated heterocycles. The van der Waals surface area contributed by atoms with Gasteiger partial charge in [-0.05, 0) is 38.1 Å². The fourth-order valence-electron chi connectivity index (χ4n) is 1.97. The molecular formula is C16H19NO4S2. The predicted octanol–water partition coefficient (Wildman–Crippen LogP) is 2.06. The summed E-state index contributed by atoms with van der Waals surface area (Å²) in [6.07, 6.45) is 0. The van der Waals surface area contributed by atoms with E-state index in [0.717, 1.165) is 11.1 Å². The molecule has 2 rings (SSSR count). The van der Waals surface area contributed by atoms with E-state index in [1.54, 1.807) is 24.3 Å². The van der Waals surface area contributed by atoms with E-state index in [4.69, 9.17) is 0 Å². The van der Waals surface area contributed by atoms with Gasteiger partial charge in [-0.2, -0.15) is 0 Å². The molecule has 0 amide bonds. The number of sulfone groups is 1. The smallest absolute Gasteiger partial charge is 0.224 e. The maximum Gasteiger partial charge on any atom is 0.240 e. The molecule has 0 bridgehead atoms. The van der Waals surface area contributed by atoms with Crippen molar-refractivity contribution < 1.29 is 16.8 Å². The number of sulfonamides is 1. The average Bonchev–Trinajstić information content (AvgIpc) is 2.47. The van der Waals surface area contributed by atoms with Crippen molar-refractivity contribution in [3.8, 4) is 0 Å². The fourth-order valence-corrected chi connectivity index (χ4v) is 4.29. The Bertz CT molecular complexity index is 793. The van der Waals surface area contributed by atoms with Gasteiger partial charge in [-0.25, -0.2) is 21.6 Å². The minimum Gasteiger partial charge on any atom is -0.224 e. The molecule has 0 radical (unpaired) electrons. The summed E-state index contributed by atoms with van der Waals surface area (Å²) in [5.74, 6) is -0.291. The van der Waals surface area contributed by atoms with Gasteiger partial charge in [-0.3, -0.25) is 0 Å². The van der Waals surface area contributed by atoms with Gasteiger partial charge in [0.05, 0.1) is 15.5 Å². The van der Waals surface area contributed by atoms with Crippen molar-refractivity contribution in [3.63, 3.8) is 0 Å². The molecule has 7 heteroatoms. The summed E-state index contributed by atoms with van der Waals surface area (Å²) in [4.78, 5) is 0.313. The van der Waals surface area contributed by atoms with E-state index in [1.165, 1.54) is 24.3 Å². The molecule has 0 spiro atoms. The van der Waals surface area contributed by atoms with Gasteiger partial charge in [0.15, 0.2) is 9.84 Å². The van der Waals surface area contributed by atoms with E-state index in [2.05, 4.69) is 4.72 Å². The molecule has 0 heterocycles. The fraction of sp³-hybridized carbons (Fsp3) is 0.250. The van der Waals surface area contributed by atoms with Gasteiger partial charge in [0.25, 0.3) is 0 Å². The maximum absolute atomic E-state index is 12.2. The van der Waals surface area contributed by atoms with E-state index < -0.39 is 19.9 Å². The zero-order chi connectivity index (χ0) is 17.1. The van der Waals surface area contributed by atoms with Crippen LogP contribution < -0.4 is 4.72 Å². The Labute approximate surface area is 137 Å². The Morgan fingerprint density at radius 3 is 1.65 bits per heavy atom. The van der Waals surface area contributed by atoms with E-state index in [0.29, 0.717) is 0 Å². The molecule has 0 aliphatic heterocycles. The molecule has 2 aromatic rings. The molecule has 0 saturated carbocycles. The predicted molar refractivity (Wildman–Crippen MR) is 89.6 cm³/mol. The summed E-state index contributed by atoms with van der Waals surface area (Å²) in [6.45, 7) is 3.55. The highest BCUT2D eigenvalue weighted by Crippen LogP contribution is 2.13. The molecular weight excluding hydrogens is 334 g/mol. The van der Waals surface area contributed by atoms with Gasteiger partial charge in [-0.15, -0.1) is 0 Å². The van der Waals surface area contributed by atoms with E-state index >= 15 is 0 Å². The number of rotatable bonds is 6. The Kier molecular flexibility index (Phi) is 5.23. The molecule has 2 aromatic carbocycles. The zero-order valence-electron chi connectivity index (χ0n) is 13.0. The lowest BCUT2D eigenvalue weighted by Gasteiger charge is -2.08. The molecule has 124 valence electrons. The third-order valence-corrected chi connectivity index (χ3v) is 6.58. The first kappa shape index (κ1) is 17.7. The highest BCUT2D eigenvalue weighted by atomic mass is 32.2. The van der Waals surface area contributed by atoms with Crippen molar-refractivity contribution >= 4 is 19.9 Å². The second-order valence-electron chi connectivity index (χ2n) is 5.34. The first-order valence-electron chi connectivity index (χ1n) is 7.06. The third kappa shape index (κ3) is 4.63. The van der Waals surface area contributed by atoms with Crippen LogP contribution in [-0.4, -0.2) is 29.1 Å². The van der Waals surface area contributed by atoms with Crippen molar-refractivity contribution in [2.24, 2.45) is 0 Å². The zero-order valence-corrected chi connectivity index (χ0v) is 14.6. The largest absolute Gasteiger partial charge is 0.240 e. The Balaban J connectivity index is 2.03. The first-order valence-corrected chi connectivity index (χ1v) is 10.2. The second-order valence-corrected chi connectivity index (χ2v) is 9.22. The van der Waals surface area contributed by atoms with Crippen LogP contribution in [0.25, 0.3) is 0 Å². The van der Waals surface area contributed by atoms with Crippen molar-refractivity contribution in [2.45, 2.75) is 23.6 Å². The number of hydrogen-bond donors (Lipinski definition) is 1. The van der Waals surface area contributed by atoms with E-state index in [-0.39, 0.29) is 22.1 Å². The Morgan fingerprint density at radius 2 is 1.17 bits per heavy atom. The van der Waals surface area contributed by atoms with Gasteiger partial charge in [0.1, 0.15) is 0 Å². The third-order valence-electron chi connectivity index (χ3n) is 3.37. The normalized spacial score (nSPS) is 12.3. The van der Waals surface area contributed by atoms with Crippen LogP contribution in [0.15, 0.2) is 58.3 Å². The van der Waals surface area contributed by atoms with Crippen LogP contribution >= 0.6 is 0 Å². The van der Waals surface area contributed by atoms with Crippen LogP contribution in [0.1, 0.15) is 11.1 Å². The average molecular weight is 353 g/mol. The molecule has 0 aliphatic carbocycles. The van der Waals surface area contributed by atoms with Crippen LogP contribution in [0.2, 0.25) is 0 Å². The number of benzene rings is 2. The van der Waals surface area contributed by atoms with Gasteiger partial charge < -0.3 is 0 Å². The molecule has 0 aromatic heterocycles. The molecule has 0 aliphatic rings. The van der Waals surface area contributed by atoms with Crippen LogP contribution in [0.3, 0.4) is 0 Å². The number of aryl methyl sites for hydroxylation is 2.